The zero-order chi connectivity index (χ0) is 17.6. The lowest BCUT2D eigenvalue weighted by atomic mass is 10.2. The van der Waals surface area contributed by atoms with Crippen LogP contribution in [0.1, 0.15) is 6.92 Å². The van der Waals surface area contributed by atoms with Crippen LogP contribution in [0.15, 0.2) is 66.9 Å². The fourth-order valence-corrected chi connectivity index (χ4v) is 2.67. The van der Waals surface area contributed by atoms with Crippen LogP contribution in [0.2, 0.25) is 0 Å². The van der Waals surface area contributed by atoms with E-state index in [1.54, 1.807) is 6.20 Å². The SMILES string of the molecule is C[C@@H](CNC(=O)Nc1cccc2ncccc12)N(C)c1ccccc1. The summed E-state index contributed by atoms with van der Waals surface area (Å²) in [5.74, 6) is 0. The maximum atomic E-state index is 12.3. The van der Waals surface area contributed by atoms with Crippen molar-refractivity contribution in [1.82, 2.24) is 10.3 Å². The number of urea groups is 1. The number of anilines is 2. The Morgan fingerprint density at radius 3 is 2.68 bits per heavy atom. The second-order valence-electron chi connectivity index (χ2n) is 6.01. The maximum absolute atomic E-state index is 12.3. The minimum Gasteiger partial charge on any atom is -0.370 e. The minimum absolute atomic E-state index is 0.169. The number of pyridine rings is 1. The molecule has 128 valence electrons. The highest BCUT2D eigenvalue weighted by Crippen LogP contribution is 2.21. The molecule has 2 amide bonds. The third kappa shape index (κ3) is 4.07. The number of amides is 2. The van der Waals surface area contributed by atoms with Crippen LogP contribution >= 0.6 is 0 Å². The molecule has 2 aromatic carbocycles. The van der Waals surface area contributed by atoms with E-state index in [1.807, 2.05) is 55.6 Å². The molecular weight excluding hydrogens is 312 g/mol. The van der Waals surface area contributed by atoms with Crippen molar-refractivity contribution in [1.29, 1.82) is 0 Å². The summed E-state index contributed by atoms with van der Waals surface area (Å²) in [5, 5.41) is 6.77. The molecule has 0 saturated carbocycles. The highest BCUT2D eigenvalue weighted by atomic mass is 16.2. The number of nitrogens with one attached hydrogen (secondary N) is 2. The molecular formula is C20H22N4O. The van der Waals surface area contributed by atoms with E-state index in [1.165, 1.54) is 0 Å². The van der Waals surface area contributed by atoms with Gasteiger partial charge in [-0.15, -0.1) is 0 Å². The predicted octanol–water partition coefficient (Wildman–Crippen LogP) is 3.88. The van der Waals surface area contributed by atoms with Gasteiger partial charge in [-0.2, -0.15) is 0 Å². The smallest absolute Gasteiger partial charge is 0.319 e. The molecule has 0 saturated heterocycles. The van der Waals surface area contributed by atoms with Crippen LogP contribution in [0.5, 0.6) is 0 Å². The largest absolute Gasteiger partial charge is 0.370 e. The first-order valence-corrected chi connectivity index (χ1v) is 8.31. The van der Waals surface area contributed by atoms with Gasteiger partial charge < -0.3 is 15.5 Å². The highest BCUT2D eigenvalue weighted by Gasteiger charge is 2.12. The van der Waals surface area contributed by atoms with Gasteiger partial charge in [-0.05, 0) is 43.3 Å². The molecule has 3 rings (SSSR count). The van der Waals surface area contributed by atoms with Crippen LogP contribution in [-0.2, 0) is 0 Å². The Bertz CT molecular complexity index is 845. The Hall–Kier alpha value is -3.08. The quantitative estimate of drug-likeness (QED) is 0.744. The number of carbonyl (C=O) groups is 1. The van der Waals surface area contributed by atoms with Crippen LogP contribution in [0.25, 0.3) is 10.9 Å². The van der Waals surface area contributed by atoms with Crippen LogP contribution in [0.3, 0.4) is 0 Å². The maximum Gasteiger partial charge on any atom is 0.319 e. The molecule has 1 aromatic heterocycles. The minimum atomic E-state index is -0.218. The summed E-state index contributed by atoms with van der Waals surface area (Å²) < 4.78 is 0. The van der Waals surface area contributed by atoms with Crippen LogP contribution in [0, 0.1) is 0 Å². The molecule has 1 atom stereocenters. The number of carbonyl (C=O) groups excluding carboxylic acids is 1. The summed E-state index contributed by atoms with van der Waals surface area (Å²) in [6, 6.07) is 19.6. The Morgan fingerprint density at radius 2 is 1.88 bits per heavy atom. The number of aromatic nitrogens is 1. The van der Waals surface area contributed by atoms with Crippen LogP contribution in [0.4, 0.5) is 16.2 Å². The lowest BCUT2D eigenvalue weighted by Gasteiger charge is -2.27. The molecule has 0 aliphatic heterocycles. The average molecular weight is 334 g/mol. The Labute approximate surface area is 147 Å². The number of hydrogen-bond acceptors (Lipinski definition) is 3. The summed E-state index contributed by atoms with van der Waals surface area (Å²) in [4.78, 5) is 18.7. The summed E-state index contributed by atoms with van der Waals surface area (Å²) in [6.07, 6.45) is 1.74. The Balaban J connectivity index is 1.59. The second kappa shape index (κ2) is 7.66. The van der Waals surface area contributed by atoms with Gasteiger partial charge in [0.05, 0.1) is 11.2 Å². The molecule has 0 aliphatic rings. The lowest BCUT2D eigenvalue weighted by Crippen LogP contribution is -2.41. The number of fused-ring (bicyclic) bond motifs is 1. The fraction of sp³-hybridized carbons (Fsp3) is 0.200. The van der Waals surface area contributed by atoms with E-state index in [-0.39, 0.29) is 12.1 Å². The van der Waals surface area contributed by atoms with Crippen molar-refractivity contribution >= 4 is 28.3 Å². The molecule has 0 spiro atoms. The normalized spacial score (nSPS) is 11.8. The van der Waals surface area contributed by atoms with Gasteiger partial charge in [-0.25, -0.2) is 4.79 Å². The van der Waals surface area contributed by atoms with Crippen molar-refractivity contribution in [3.05, 3.63) is 66.9 Å². The number of para-hydroxylation sites is 1. The van der Waals surface area contributed by atoms with E-state index in [0.29, 0.717) is 6.54 Å². The van der Waals surface area contributed by atoms with Crippen molar-refractivity contribution in [3.63, 3.8) is 0 Å². The average Bonchev–Trinajstić information content (AvgIpc) is 2.66. The van der Waals surface area contributed by atoms with Gasteiger partial charge in [0.25, 0.3) is 0 Å². The number of nitrogens with zero attached hydrogens (tertiary/aromatic N) is 2. The van der Waals surface area contributed by atoms with E-state index in [2.05, 4.69) is 39.6 Å². The monoisotopic (exact) mass is 334 g/mol. The van der Waals surface area contributed by atoms with Crippen LogP contribution in [-0.4, -0.2) is 30.6 Å². The molecule has 1 heterocycles. The van der Waals surface area contributed by atoms with Crippen molar-refractivity contribution in [2.24, 2.45) is 0 Å². The molecule has 2 N–H and O–H groups in total. The fourth-order valence-electron chi connectivity index (χ4n) is 2.67. The van der Waals surface area contributed by atoms with Gasteiger partial charge in [0.2, 0.25) is 0 Å². The Kier molecular flexibility index (Phi) is 5.14. The number of hydrogen-bond donors (Lipinski definition) is 2. The molecule has 5 heteroatoms. The molecule has 0 fully saturated rings. The summed E-state index contributed by atoms with van der Waals surface area (Å²) in [6.45, 7) is 2.62. The van der Waals surface area contributed by atoms with Gasteiger partial charge in [-0.3, -0.25) is 4.98 Å². The third-order valence-corrected chi connectivity index (χ3v) is 4.28. The van der Waals surface area contributed by atoms with Crippen molar-refractivity contribution < 1.29 is 4.79 Å². The molecule has 0 aliphatic carbocycles. The van der Waals surface area contributed by atoms with Crippen molar-refractivity contribution in [2.75, 3.05) is 23.8 Å². The summed E-state index contributed by atoms with van der Waals surface area (Å²) in [7, 11) is 2.02. The molecule has 25 heavy (non-hydrogen) atoms. The molecule has 0 radical (unpaired) electrons. The van der Waals surface area contributed by atoms with Gasteiger partial charge in [0.1, 0.15) is 0 Å². The van der Waals surface area contributed by atoms with E-state index < -0.39 is 0 Å². The van der Waals surface area contributed by atoms with E-state index >= 15 is 0 Å². The van der Waals surface area contributed by atoms with E-state index in [9.17, 15) is 4.79 Å². The van der Waals surface area contributed by atoms with E-state index in [0.717, 1.165) is 22.3 Å². The first kappa shape index (κ1) is 16.8. The lowest BCUT2D eigenvalue weighted by molar-refractivity contribution is 0.251. The zero-order valence-electron chi connectivity index (χ0n) is 14.4. The van der Waals surface area contributed by atoms with Gasteiger partial charge >= 0.3 is 6.03 Å². The number of benzene rings is 2. The zero-order valence-corrected chi connectivity index (χ0v) is 14.4. The van der Waals surface area contributed by atoms with Crippen molar-refractivity contribution in [2.45, 2.75) is 13.0 Å². The summed E-state index contributed by atoms with van der Waals surface area (Å²) >= 11 is 0. The molecule has 0 unspecified atom stereocenters. The summed E-state index contributed by atoms with van der Waals surface area (Å²) in [5.41, 5.74) is 2.74. The predicted molar refractivity (Wildman–Crippen MR) is 103 cm³/mol. The highest BCUT2D eigenvalue weighted by molar-refractivity contribution is 6.00. The van der Waals surface area contributed by atoms with Gasteiger partial charge in [-0.1, -0.05) is 24.3 Å². The molecule has 3 aromatic rings. The standard InChI is InChI=1S/C20H22N4O/c1-15(24(2)16-8-4-3-5-9-16)14-22-20(25)23-19-12-6-11-18-17(19)10-7-13-21-18/h3-13,15H,14H2,1-2H3,(H2,22,23,25)/t15-/m0/s1. The first-order chi connectivity index (χ1) is 12.1. The topological polar surface area (TPSA) is 57.3 Å². The second-order valence-corrected chi connectivity index (χ2v) is 6.01. The van der Waals surface area contributed by atoms with Gasteiger partial charge in [0.15, 0.2) is 0 Å². The molecule has 5 nitrogen and oxygen atoms in total. The third-order valence-electron chi connectivity index (χ3n) is 4.28. The van der Waals surface area contributed by atoms with Crippen molar-refractivity contribution in [3.8, 4) is 0 Å². The van der Waals surface area contributed by atoms with E-state index in [4.69, 9.17) is 0 Å². The number of likely N-dealkylation sites (N-methyl/N-ethyl adjacent to an activating group) is 1. The van der Waals surface area contributed by atoms with Crippen LogP contribution < -0.4 is 15.5 Å². The number of rotatable bonds is 5. The first-order valence-electron chi connectivity index (χ1n) is 8.31. The Morgan fingerprint density at radius 1 is 1.08 bits per heavy atom. The van der Waals surface area contributed by atoms with Gasteiger partial charge in [0, 0.05) is 36.9 Å². The molecule has 0 bridgehead atoms.